The third-order valence-electron chi connectivity index (χ3n) is 4.51. The highest BCUT2D eigenvalue weighted by Crippen LogP contribution is 2.45. The number of aromatic nitrogens is 1. The second-order valence-electron chi connectivity index (χ2n) is 6.05. The number of hydrogen-bond donors (Lipinski definition) is 1. The van der Waals surface area contributed by atoms with Crippen LogP contribution in [-0.2, 0) is 4.74 Å². The molecule has 0 aliphatic heterocycles. The number of fused-ring (bicyclic) bond motifs is 3. The molecule has 0 aliphatic rings. The van der Waals surface area contributed by atoms with Gasteiger partial charge in [0.2, 0.25) is 0 Å². The standard InChI is InChI=1S/C21H19NO3S2/c1-3-25-20(24)15-14-11-7-8-12-22(14)17-16(15)19(27-21(17)26-2)18(23)13-9-5-4-6-10-13/h4-12,18,23H,3H2,1-2H3. The van der Waals surface area contributed by atoms with Gasteiger partial charge in [-0.05, 0) is 30.9 Å². The Morgan fingerprint density at radius 1 is 1.22 bits per heavy atom. The Labute approximate surface area is 165 Å². The third kappa shape index (κ3) is 2.94. The number of nitrogens with zero attached hydrogens (tertiary/aromatic N) is 1. The Bertz CT molecular complexity index is 1110. The van der Waals surface area contributed by atoms with Gasteiger partial charge in [0.15, 0.2) is 0 Å². The molecule has 3 heterocycles. The number of aliphatic hydroxyl groups excluding tert-OH is 1. The summed E-state index contributed by atoms with van der Waals surface area (Å²) in [5.74, 6) is -0.358. The molecule has 0 radical (unpaired) electrons. The molecule has 6 heteroatoms. The molecule has 0 aliphatic carbocycles. The topological polar surface area (TPSA) is 50.9 Å². The van der Waals surface area contributed by atoms with Crippen molar-refractivity contribution in [2.24, 2.45) is 0 Å². The highest BCUT2D eigenvalue weighted by molar-refractivity contribution is 8.00. The molecule has 0 spiro atoms. The number of benzene rings is 1. The van der Waals surface area contributed by atoms with Gasteiger partial charge in [0.25, 0.3) is 0 Å². The van der Waals surface area contributed by atoms with Crippen molar-refractivity contribution in [3.8, 4) is 0 Å². The van der Waals surface area contributed by atoms with E-state index in [1.807, 2.05) is 65.4 Å². The molecule has 0 saturated carbocycles. The zero-order valence-corrected chi connectivity index (χ0v) is 16.6. The Morgan fingerprint density at radius 3 is 2.67 bits per heavy atom. The van der Waals surface area contributed by atoms with Gasteiger partial charge < -0.3 is 14.2 Å². The van der Waals surface area contributed by atoms with E-state index in [4.69, 9.17) is 4.74 Å². The highest BCUT2D eigenvalue weighted by atomic mass is 32.2. The number of carbonyl (C=O) groups excluding carboxylic acids is 1. The van der Waals surface area contributed by atoms with Gasteiger partial charge in [0.1, 0.15) is 6.10 Å². The van der Waals surface area contributed by atoms with Crippen LogP contribution in [0.5, 0.6) is 0 Å². The molecule has 4 rings (SSSR count). The van der Waals surface area contributed by atoms with Crippen molar-refractivity contribution in [2.45, 2.75) is 17.2 Å². The molecule has 0 amide bonds. The van der Waals surface area contributed by atoms with Crippen LogP contribution >= 0.6 is 23.1 Å². The summed E-state index contributed by atoms with van der Waals surface area (Å²) in [5, 5.41) is 11.9. The predicted octanol–water partition coefficient (Wildman–Crippen LogP) is 5.13. The molecule has 138 valence electrons. The Morgan fingerprint density at radius 2 is 1.96 bits per heavy atom. The van der Waals surface area contributed by atoms with Crippen molar-refractivity contribution in [1.29, 1.82) is 0 Å². The molecule has 1 N–H and O–H groups in total. The van der Waals surface area contributed by atoms with E-state index in [2.05, 4.69) is 0 Å². The van der Waals surface area contributed by atoms with Gasteiger partial charge in [0.05, 0.1) is 27.4 Å². The summed E-state index contributed by atoms with van der Waals surface area (Å²) in [6, 6.07) is 15.3. The number of thioether (sulfide) groups is 1. The van der Waals surface area contributed by atoms with Crippen molar-refractivity contribution in [3.63, 3.8) is 0 Å². The van der Waals surface area contributed by atoms with E-state index in [0.29, 0.717) is 12.2 Å². The maximum atomic E-state index is 12.8. The van der Waals surface area contributed by atoms with E-state index in [9.17, 15) is 9.90 Å². The zero-order valence-electron chi connectivity index (χ0n) is 15.0. The number of esters is 1. The molecule has 3 aromatic heterocycles. The molecule has 4 nitrogen and oxygen atoms in total. The first-order valence-corrected chi connectivity index (χ1v) is 10.7. The fourth-order valence-electron chi connectivity index (χ4n) is 3.38. The van der Waals surface area contributed by atoms with Gasteiger partial charge in [-0.1, -0.05) is 36.4 Å². The minimum atomic E-state index is -0.801. The van der Waals surface area contributed by atoms with Gasteiger partial charge >= 0.3 is 5.97 Å². The Balaban J connectivity index is 2.07. The van der Waals surface area contributed by atoms with Crippen LogP contribution < -0.4 is 0 Å². The van der Waals surface area contributed by atoms with Crippen molar-refractivity contribution in [2.75, 3.05) is 12.9 Å². The predicted molar refractivity (Wildman–Crippen MR) is 111 cm³/mol. The summed E-state index contributed by atoms with van der Waals surface area (Å²) in [7, 11) is 0. The van der Waals surface area contributed by atoms with E-state index < -0.39 is 6.10 Å². The first-order chi connectivity index (χ1) is 13.2. The lowest BCUT2D eigenvalue weighted by Gasteiger charge is -2.10. The number of rotatable bonds is 5. The van der Waals surface area contributed by atoms with E-state index in [-0.39, 0.29) is 5.97 Å². The molecule has 4 aromatic rings. The smallest absolute Gasteiger partial charge is 0.341 e. The van der Waals surface area contributed by atoms with Crippen LogP contribution in [0.4, 0.5) is 0 Å². The summed E-state index contributed by atoms with van der Waals surface area (Å²) in [4.78, 5) is 13.6. The lowest BCUT2D eigenvalue weighted by Crippen LogP contribution is -2.06. The molecular formula is C21H19NO3S2. The summed E-state index contributed by atoms with van der Waals surface area (Å²) >= 11 is 3.15. The molecule has 27 heavy (non-hydrogen) atoms. The van der Waals surface area contributed by atoms with Crippen LogP contribution in [0.25, 0.3) is 16.4 Å². The number of carbonyl (C=O) groups is 1. The van der Waals surface area contributed by atoms with Crippen molar-refractivity contribution >= 4 is 45.5 Å². The number of ether oxygens (including phenoxy) is 1. The van der Waals surface area contributed by atoms with E-state index in [0.717, 1.165) is 31.1 Å². The van der Waals surface area contributed by atoms with E-state index in [1.54, 1.807) is 18.7 Å². The SMILES string of the molecule is CCOC(=O)c1c2c(C(O)c3ccccc3)sc(SC)c2n2ccccc12. The summed E-state index contributed by atoms with van der Waals surface area (Å²) in [5.41, 5.74) is 3.08. The van der Waals surface area contributed by atoms with E-state index in [1.165, 1.54) is 11.3 Å². The van der Waals surface area contributed by atoms with Crippen LogP contribution in [0.15, 0.2) is 58.9 Å². The van der Waals surface area contributed by atoms with Crippen molar-refractivity contribution in [3.05, 3.63) is 70.7 Å². The quantitative estimate of drug-likeness (QED) is 0.374. The van der Waals surface area contributed by atoms with Crippen LogP contribution in [0.3, 0.4) is 0 Å². The fourth-order valence-corrected chi connectivity index (χ4v) is 5.42. The maximum absolute atomic E-state index is 12.8. The lowest BCUT2D eigenvalue weighted by molar-refractivity contribution is 0.0531. The number of pyridine rings is 1. The average molecular weight is 398 g/mol. The zero-order chi connectivity index (χ0) is 19.0. The van der Waals surface area contributed by atoms with Crippen LogP contribution in [-0.4, -0.2) is 28.3 Å². The minimum Gasteiger partial charge on any atom is -0.462 e. The third-order valence-corrected chi connectivity index (χ3v) is 6.85. The summed E-state index contributed by atoms with van der Waals surface area (Å²) in [6.07, 6.45) is 3.16. The van der Waals surface area contributed by atoms with Gasteiger partial charge in [-0.15, -0.1) is 23.1 Å². The maximum Gasteiger partial charge on any atom is 0.341 e. The van der Waals surface area contributed by atoms with Crippen molar-refractivity contribution in [1.82, 2.24) is 4.40 Å². The van der Waals surface area contributed by atoms with Gasteiger partial charge in [-0.25, -0.2) is 4.79 Å². The molecule has 1 unspecified atom stereocenters. The second-order valence-corrected chi connectivity index (χ2v) is 8.17. The molecular weight excluding hydrogens is 378 g/mol. The largest absolute Gasteiger partial charge is 0.462 e. The average Bonchev–Trinajstić information content (AvgIpc) is 3.23. The highest BCUT2D eigenvalue weighted by Gasteiger charge is 2.29. The van der Waals surface area contributed by atoms with Crippen molar-refractivity contribution < 1.29 is 14.6 Å². The van der Waals surface area contributed by atoms with Gasteiger partial charge in [-0.2, -0.15) is 0 Å². The van der Waals surface area contributed by atoms with E-state index >= 15 is 0 Å². The lowest BCUT2D eigenvalue weighted by atomic mass is 10.0. The number of aliphatic hydroxyl groups is 1. The van der Waals surface area contributed by atoms with Gasteiger partial charge in [0, 0.05) is 16.5 Å². The number of hydrogen-bond acceptors (Lipinski definition) is 5. The fraction of sp³-hybridized carbons (Fsp3) is 0.190. The van der Waals surface area contributed by atoms with Gasteiger partial charge in [-0.3, -0.25) is 0 Å². The first kappa shape index (κ1) is 18.1. The monoisotopic (exact) mass is 397 g/mol. The molecule has 0 bridgehead atoms. The minimum absolute atomic E-state index is 0.306. The Kier molecular flexibility index (Phi) is 4.95. The molecule has 1 atom stereocenters. The summed E-state index contributed by atoms with van der Waals surface area (Å²) in [6.45, 7) is 2.11. The second kappa shape index (κ2) is 7.38. The first-order valence-electron chi connectivity index (χ1n) is 8.66. The molecule has 0 fully saturated rings. The Hall–Kier alpha value is -2.28. The molecule has 1 aromatic carbocycles. The number of thiophene rings is 1. The normalized spacial score (nSPS) is 12.6. The van der Waals surface area contributed by atoms with Crippen LogP contribution in [0.1, 0.15) is 33.8 Å². The molecule has 0 saturated heterocycles. The van der Waals surface area contributed by atoms with Crippen LogP contribution in [0, 0.1) is 0 Å². The summed E-state index contributed by atoms with van der Waals surface area (Å²) < 4.78 is 8.43. The van der Waals surface area contributed by atoms with Crippen LogP contribution in [0.2, 0.25) is 0 Å².